The fraction of sp³-hybridized carbons (Fsp3) is 0.958. The van der Waals surface area contributed by atoms with E-state index in [-0.39, 0.29) is 12.1 Å². The first-order chi connectivity index (χ1) is 13.6. The second kappa shape index (κ2) is 20.0. The average molecular weight is 417 g/mol. The van der Waals surface area contributed by atoms with Gasteiger partial charge in [0.1, 0.15) is 0 Å². The minimum Gasteiger partial charge on any atom is -0.465 e. The van der Waals surface area contributed by atoms with Crippen molar-refractivity contribution in [2.75, 3.05) is 25.1 Å². The zero-order valence-corrected chi connectivity index (χ0v) is 20.2. The molecule has 4 heteroatoms. The van der Waals surface area contributed by atoms with Gasteiger partial charge in [0.15, 0.2) is 0 Å². The molecule has 0 aromatic rings. The number of unbranched alkanes of at least 4 members (excludes halogenated alkanes) is 15. The Bertz CT molecular complexity index is 387. The number of rotatable bonds is 21. The summed E-state index contributed by atoms with van der Waals surface area (Å²) in [4.78, 5) is 11.7. The van der Waals surface area contributed by atoms with Crippen LogP contribution in [0.3, 0.4) is 0 Å². The molecule has 0 aliphatic carbocycles. The Balaban J connectivity index is 3.26. The average Bonchev–Trinajstić information content (AvgIpc) is 2.70. The van der Waals surface area contributed by atoms with Gasteiger partial charge in [0.25, 0.3) is 0 Å². The molecule has 0 saturated carbocycles. The Morgan fingerprint density at radius 3 is 1.32 bits per heavy atom. The van der Waals surface area contributed by atoms with Gasteiger partial charge in [-0.25, -0.2) is 0 Å². The molecule has 3 nitrogen and oxygen atoms in total. The number of carbonyl (C=O) groups excluding carboxylic acids is 1. The number of hydrogen-bond donors (Lipinski definition) is 0. The topological polar surface area (TPSA) is 43.4 Å². The van der Waals surface area contributed by atoms with Crippen LogP contribution >= 0.6 is 7.14 Å². The Hall–Kier alpha value is -0.300. The lowest BCUT2D eigenvalue weighted by molar-refractivity contribution is -0.140. The second-order valence-corrected chi connectivity index (χ2v) is 12.1. The maximum atomic E-state index is 12.2. The van der Waals surface area contributed by atoms with Crippen LogP contribution in [0.1, 0.15) is 124 Å². The van der Waals surface area contributed by atoms with Crippen LogP contribution in [0.15, 0.2) is 0 Å². The lowest BCUT2D eigenvalue weighted by atomic mass is 10.0. The van der Waals surface area contributed by atoms with Crippen molar-refractivity contribution < 1.29 is 14.1 Å². The van der Waals surface area contributed by atoms with E-state index >= 15 is 0 Å². The largest absolute Gasteiger partial charge is 0.465 e. The van der Waals surface area contributed by atoms with Crippen molar-refractivity contribution in [1.82, 2.24) is 0 Å². The van der Waals surface area contributed by atoms with Crippen LogP contribution in [-0.2, 0) is 14.1 Å². The van der Waals surface area contributed by atoms with Gasteiger partial charge in [0.2, 0.25) is 0 Å². The van der Waals surface area contributed by atoms with Gasteiger partial charge in [-0.1, -0.05) is 117 Å². The molecule has 28 heavy (non-hydrogen) atoms. The van der Waals surface area contributed by atoms with Gasteiger partial charge < -0.3 is 9.30 Å². The van der Waals surface area contributed by atoms with Crippen LogP contribution in [0.4, 0.5) is 0 Å². The molecule has 0 saturated heterocycles. The summed E-state index contributed by atoms with van der Waals surface area (Å²) < 4.78 is 17.5. The Labute approximate surface area is 176 Å². The van der Waals surface area contributed by atoms with Gasteiger partial charge >= 0.3 is 5.97 Å². The first kappa shape index (κ1) is 27.7. The highest BCUT2D eigenvalue weighted by molar-refractivity contribution is 7.64. The molecule has 0 fully saturated rings. The number of ether oxygens (including phenoxy) is 1. The fourth-order valence-corrected chi connectivity index (χ4v) is 5.02. The highest BCUT2D eigenvalue weighted by Crippen LogP contribution is 2.44. The Kier molecular flexibility index (Phi) is 19.8. The van der Waals surface area contributed by atoms with Gasteiger partial charge in [0, 0.05) is 0 Å². The van der Waals surface area contributed by atoms with Gasteiger partial charge in [-0.2, -0.15) is 0 Å². The van der Waals surface area contributed by atoms with Crippen molar-refractivity contribution in [3.8, 4) is 0 Å². The van der Waals surface area contributed by atoms with Crippen molar-refractivity contribution >= 4 is 13.1 Å². The first-order valence-corrected chi connectivity index (χ1v) is 14.6. The van der Waals surface area contributed by atoms with E-state index in [1.54, 1.807) is 0 Å². The molecule has 0 unspecified atom stereocenters. The third kappa shape index (κ3) is 17.8. The van der Waals surface area contributed by atoms with Crippen molar-refractivity contribution in [1.29, 1.82) is 0 Å². The van der Waals surface area contributed by atoms with Crippen LogP contribution < -0.4 is 0 Å². The first-order valence-electron chi connectivity index (χ1n) is 12.3. The summed E-state index contributed by atoms with van der Waals surface area (Å²) in [6.45, 7) is 6.56. The maximum absolute atomic E-state index is 12.2. The Morgan fingerprint density at radius 1 is 0.607 bits per heavy atom. The molecule has 0 radical (unpaired) electrons. The highest BCUT2D eigenvalue weighted by Gasteiger charge is 2.22. The van der Waals surface area contributed by atoms with Crippen molar-refractivity contribution in [3.05, 3.63) is 0 Å². The number of hydrogen-bond acceptors (Lipinski definition) is 3. The molecule has 168 valence electrons. The highest BCUT2D eigenvalue weighted by atomic mass is 31.2. The van der Waals surface area contributed by atoms with Crippen molar-refractivity contribution in [2.24, 2.45) is 0 Å². The SMILES string of the molecule is CCCCCCCCCCCCCCCCCCOC(=O)CP(=O)(CC)CC. The Morgan fingerprint density at radius 2 is 0.964 bits per heavy atom. The zero-order chi connectivity index (χ0) is 20.9. The summed E-state index contributed by atoms with van der Waals surface area (Å²) in [6, 6.07) is 0. The summed E-state index contributed by atoms with van der Waals surface area (Å²) in [5, 5.41) is 0. The zero-order valence-electron chi connectivity index (χ0n) is 19.3. The monoisotopic (exact) mass is 416 g/mol. The quantitative estimate of drug-likeness (QED) is 0.108. The summed E-state index contributed by atoms with van der Waals surface area (Å²) in [6.07, 6.45) is 22.8. The van der Waals surface area contributed by atoms with Crippen LogP contribution in [-0.4, -0.2) is 31.1 Å². The summed E-state index contributed by atoms with van der Waals surface area (Å²) >= 11 is 0. The lowest BCUT2D eigenvalue weighted by Crippen LogP contribution is -2.13. The second-order valence-electron chi connectivity index (χ2n) is 8.37. The molecule has 0 heterocycles. The van der Waals surface area contributed by atoms with E-state index in [9.17, 15) is 9.36 Å². The minimum atomic E-state index is -2.30. The third-order valence-electron chi connectivity index (χ3n) is 5.83. The molecular formula is C24H49O3P. The van der Waals surface area contributed by atoms with E-state index in [0.717, 1.165) is 12.8 Å². The predicted octanol–water partition coefficient (Wildman–Crippen LogP) is 8.19. The molecule has 0 N–H and O–H groups in total. The van der Waals surface area contributed by atoms with Crippen LogP contribution in [0.2, 0.25) is 0 Å². The normalized spacial score (nSPS) is 11.7. The van der Waals surface area contributed by atoms with E-state index in [2.05, 4.69) is 6.92 Å². The molecule has 0 spiro atoms. The number of esters is 1. The summed E-state index contributed by atoms with van der Waals surface area (Å²) in [7, 11) is -2.30. The molecular weight excluding hydrogens is 367 g/mol. The standard InChI is InChI=1S/C24H49O3P/c1-4-7-8-9-10-11-12-13-14-15-16-17-18-19-20-21-22-27-24(25)23-28(26,5-2)6-3/h4-23H2,1-3H3. The molecule has 0 aliphatic rings. The molecule has 0 amide bonds. The van der Waals surface area contributed by atoms with Crippen LogP contribution in [0, 0.1) is 0 Å². The van der Waals surface area contributed by atoms with E-state index in [1.165, 1.54) is 89.9 Å². The molecule has 0 aliphatic heterocycles. The molecule has 0 atom stereocenters. The van der Waals surface area contributed by atoms with E-state index < -0.39 is 7.14 Å². The lowest BCUT2D eigenvalue weighted by Gasteiger charge is -2.13. The summed E-state index contributed by atoms with van der Waals surface area (Å²) in [5.41, 5.74) is 0. The van der Waals surface area contributed by atoms with E-state index in [1.807, 2.05) is 13.8 Å². The van der Waals surface area contributed by atoms with Crippen molar-refractivity contribution in [2.45, 2.75) is 124 Å². The van der Waals surface area contributed by atoms with E-state index in [0.29, 0.717) is 18.9 Å². The number of carbonyl (C=O) groups is 1. The van der Waals surface area contributed by atoms with Crippen molar-refractivity contribution in [3.63, 3.8) is 0 Å². The van der Waals surface area contributed by atoms with E-state index in [4.69, 9.17) is 4.74 Å². The van der Waals surface area contributed by atoms with Crippen LogP contribution in [0.5, 0.6) is 0 Å². The van der Waals surface area contributed by atoms with Gasteiger partial charge in [-0.05, 0) is 18.7 Å². The minimum absolute atomic E-state index is 0.124. The molecule has 0 rings (SSSR count). The molecule has 0 aromatic heterocycles. The van der Waals surface area contributed by atoms with Gasteiger partial charge in [-0.15, -0.1) is 0 Å². The molecule has 0 bridgehead atoms. The van der Waals surface area contributed by atoms with Gasteiger partial charge in [0.05, 0.1) is 19.9 Å². The third-order valence-corrected chi connectivity index (χ3v) is 8.97. The fourth-order valence-electron chi connectivity index (χ4n) is 3.56. The maximum Gasteiger partial charge on any atom is 0.313 e. The predicted molar refractivity (Wildman–Crippen MR) is 124 cm³/mol. The smallest absolute Gasteiger partial charge is 0.313 e. The summed E-state index contributed by atoms with van der Waals surface area (Å²) in [5.74, 6) is -0.270. The van der Waals surface area contributed by atoms with Crippen LogP contribution in [0.25, 0.3) is 0 Å². The molecule has 0 aromatic carbocycles. The van der Waals surface area contributed by atoms with Gasteiger partial charge in [-0.3, -0.25) is 4.79 Å².